The van der Waals surface area contributed by atoms with Crippen LogP contribution in [0.3, 0.4) is 0 Å². The third kappa shape index (κ3) is 3.62. The lowest BCUT2D eigenvalue weighted by Gasteiger charge is -2.28. The smallest absolute Gasteiger partial charge is 0.326 e. The van der Waals surface area contributed by atoms with Gasteiger partial charge >= 0.3 is 5.97 Å². The van der Waals surface area contributed by atoms with Crippen LogP contribution in [0.15, 0.2) is 0 Å². The number of aliphatic carboxylic acids is 1. The van der Waals surface area contributed by atoms with E-state index in [4.69, 9.17) is 5.11 Å². The first-order valence-electron chi connectivity index (χ1n) is 5.18. The second-order valence-corrected chi connectivity index (χ2v) is 5.93. The zero-order chi connectivity index (χ0) is 13.2. The van der Waals surface area contributed by atoms with Crippen molar-refractivity contribution in [1.82, 2.24) is 10.6 Å². The highest BCUT2D eigenvalue weighted by atomic mass is 32.2. The lowest BCUT2D eigenvalue weighted by Crippen LogP contribution is -2.54. The number of nitrogens with one attached hydrogen (secondary N) is 2. The van der Waals surface area contributed by atoms with Crippen molar-refractivity contribution in [2.75, 3.05) is 5.75 Å². The van der Waals surface area contributed by atoms with Crippen LogP contribution in [0.2, 0.25) is 0 Å². The first kappa shape index (κ1) is 13.8. The van der Waals surface area contributed by atoms with Crippen molar-refractivity contribution in [3.05, 3.63) is 0 Å². The Balaban J connectivity index is 2.65. The van der Waals surface area contributed by atoms with E-state index in [-0.39, 0.29) is 5.24 Å². The van der Waals surface area contributed by atoms with E-state index >= 15 is 0 Å². The van der Waals surface area contributed by atoms with Crippen molar-refractivity contribution >= 4 is 28.9 Å². The van der Waals surface area contributed by atoms with E-state index in [0.717, 1.165) is 11.8 Å². The van der Waals surface area contributed by atoms with Crippen LogP contribution in [0.4, 0.5) is 4.79 Å². The predicted octanol–water partition coefficient (Wildman–Crippen LogP) is 0.427. The Morgan fingerprint density at radius 2 is 2.12 bits per heavy atom. The van der Waals surface area contributed by atoms with Gasteiger partial charge in [-0.2, -0.15) is 0 Å². The molecule has 1 saturated heterocycles. The van der Waals surface area contributed by atoms with Gasteiger partial charge in [-0.1, -0.05) is 32.5 Å². The first-order valence-corrected chi connectivity index (χ1v) is 6.17. The standard InChI is InChI=1S/C10H16N2O4S/c1-10(2,3)6(8(14)15)12-7(13)5-4-17-9(16)11-5/h5-6H,4H2,1-3H3,(H,11,16)(H,12,13)(H,14,15)/t5?,6-/m1/s1. The molecule has 1 aliphatic heterocycles. The lowest BCUT2D eigenvalue weighted by atomic mass is 9.86. The van der Waals surface area contributed by atoms with Crippen LogP contribution in [0.5, 0.6) is 0 Å². The summed E-state index contributed by atoms with van der Waals surface area (Å²) in [6, 6.07) is -1.62. The maximum absolute atomic E-state index is 11.7. The number of amides is 2. The van der Waals surface area contributed by atoms with Gasteiger partial charge in [-0.3, -0.25) is 9.59 Å². The van der Waals surface area contributed by atoms with Crippen molar-refractivity contribution in [2.24, 2.45) is 5.41 Å². The highest BCUT2D eigenvalue weighted by Gasteiger charge is 2.36. The minimum absolute atomic E-state index is 0.257. The van der Waals surface area contributed by atoms with Gasteiger partial charge in [0, 0.05) is 5.75 Å². The maximum Gasteiger partial charge on any atom is 0.326 e. The second kappa shape index (κ2) is 4.95. The van der Waals surface area contributed by atoms with Gasteiger partial charge in [0.15, 0.2) is 0 Å². The van der Waals surface area contributed by atoms with Crippen LogP contribution >= 0.6 is 11.8 Å². The number of carbonyl (C=O) groups excluding carboxylic acids is 2. The number of hydrogen-bond donors (Lipinski definition) is 3. The summed E-state index contributed by atoms with van der Waals surface area (Å²) in [5.74, 6) is -1.20. The zero-order valence-corrected chi connectivity index (χ0v) is 10.8. The molecule has 0 radical (unpaired) electrons. The maximum atomic E-state index is 11.7. The average molecular weight is 260 g/mol. The van der Waals surface area contributed by atoms with Crippen LogP contribution in [0, 0.1) is 5.41 Å². The minimum Gasteiger partial charge on any atom is -0.480 e. The van der Waals surface area contributed by atoms with E-state index in [2.05, 4.69) is 10.6 Å². The quantitative estimate of drug-likeness (QED) is 0.684. The van der Waals surface area contributed by atoms with E-state index in [9.17, 15) is 14.4 Å². The normalized spacial score (nSPS) is 21.8. The number of hydrogen-bond acceptors (Lipinski definition) is 4. The first-order chi connectivity index (χ1) is 7.71. The Morgan fingerprint density at radius 1 is 1.53 bits per heavy atom. The van der Waals surface area contributed by atoms with Gasteiger partial charge < -0.3 is 15.7 Å². The van der Waals surface area contributed by atoms with E-state index in [1.54, 1.807) is 20.8 Å². The number of rotatable bonds is 3. The van der Waals surface area contributed by atoms with E-state index in [0.29, 0.717) is 5.75 Å². The SMILES string of the molecule is CC(C)(C)[C@H](NC(=O)C1CSC(=O)N1)C(=O)O. The monoisotopic (exact) mass is 260 g/mol. The number of carboxylic acid groups (broad SMARTS) is 1. The summed E-state index contributed by atoms with van der Waals surface area (Å²) in [6.07, 6.45) is 0. The summed E-state index contributed by atoms with van der Waals surface area (Å²) in [4.78, 5) is 33.7. The molecule has 2 atom stereocenters. The number of thioether (sulfide) groups is 1. The third-order valence-electron chi connectivity index (χ3n) is 2.39. The van der Waals surface area contributed by atoms with Crippen LogP contribution in [0.1, 0.15) is 20.8 Å². The summed E-state index contributed by atoms with van der Waals surface area (Å²) in [6.45, 7) is 5.19. The Kier molecular flexibility index (Phi) is 4.03. The molecule has 0 aromatic rings. The van der Waals surface area contributed by atoms with Crippen molar-refractivity contribution in [1.29, 1.82) is 0 Å². The molecule has 1 unspecified atom stereocenters. The third-order valence-corrected chi connectivity index (χ3v) is 3.27. The van der Waals surface area contributed by atoms with Crippen molar-refractivity contribution in [2.45, 2.75) is 32.9 Å². The Bertz CT molecular complexity index is 351. The van der Waals surface area contributed by atoms with Crippen molar-refractivity contribution in [3.8, 4) is 0 Å². The Morgan fingerprint density at radius 3 is 2.47 bits per heavy atom. The highest BCUT2D eigenvalue weighted by Crippen LogP contribution is 2.20. The summed E-state index contributed by atoms with van der Waals surface area (Å²) in [5, 5.41) is 13.7. The molecule has 0 aliphatic carbocycles. The van der Waals surface area contributed by atoms with E-state index < -0.39 is 29.4 Å². The molecule has 0 spiro atoms. The molecular formula is C10H16N2O4S. The fourth-order valence-electron chi connectivity index (χ4n) is 1.42. The lowest BCUT2D eigenvalue weighted by molar-refractivity contribution is -0.145. The Hall–Kier alpha value is -1.24. The van der Waals surface area contributed by atoms with Crippen LogP contribution in [-0.4, -0.2) is 40.1 Å². The minimum atomic E-state index is -1.08. The van der Waals surface area contributed by atoms with E-state index in [1.807, 2.05) is 0 Å². The van der Waals surface area contributed by atoms with Gasteiger partial charge in [-0.05, 0) is 5.41 Å². The molecular weight excluding hydrogens is 244 g/mol. The molecule has 0 saturated carbocycles. The number of carboxylic acids is 1. The van der Waals surface area contributed by atoms with Crippen molar-refractivity contribution in [3.63, 3.8) is 0 Å². The highest BCUT2D eigenvalue weighted by molar-refractivity contribution is 8.14. The summed E-state index contributed by atoms with van der Waals surface area (Å²) >= 11 is 1.02. The van der Waals surface area contributed by atoms with Crippen molar-refractivity contribution < 1.29 is 19.5 Å². The predicted molar refractivity (Wildman–Crippen MR) is 63.8 cm³/mol. The molecule has 17 heavy (non-hydrogen) atoms. The van der Waals surface area contributed by atoms with Crippen LogP contribution < -0.4 is 10.6 Å². The molecule has 1 rings (SSSR count). The average Bonchev–Trinajstić information content (AvgIpc) is 2.58. The number of carbonyl (C=O) groups is 3. The van der Waals surface area contributed by atoms with Gasteiger partial charge in [0.05, 0.1) is 0 Å². The molecule has 1 aliphatic rings. The fraction of sp³-hybridized carbons (Fsp3) is 0.700. The molecule has 1 heterocycles. The van der Waals surface area contributed by atoms with Gasteiger partial charge in [0.25, 0.3) is 5.24 Å². The molecule has 0 aromatic carbocycles. The van der Waals surface area contributed by atoms with E-state index in [1.165, 1.54) is 0 Å². The summed E-state index contributed by atoms with van der Waals surface area (Å²) in [7, 11) is 0. The second-order valence-electron chi connectivity index (χ2n) is 4.94. The Labute approximate surface area is 104 Å². The largest absolute Gasteiger partial charge is 0.480 e. The molecule has 3 N–H and O–H groups in total. The van der Waals surface area contributed by atoms with Gasteiger partial charge in [0.2, 0.25) is 5.91 Å². The molecule has 0 aromatic heterocycles. The topological polar surface area (TPSA) is 95.5 Å². The summed E-state index contributed by atoms with van der Waals surface area (Å²) < 4.78 is 0. The van der Waals surface area contributed by atoms with Crippen LogP contribution in [-0.2, 0) is 9.59 Å². The molecule has 0 bridgehead atoms. The fourth-order valence-corrected chi connectivity index (χ4v) is 2.20. The summed E-state index contributed by atoms with van der Waals surface area (Å²) in [5.41, 5.74) is -0.586. The molecule has 2 amide bonds. The molecule has 6 nitrogen and oxygen atoms in total. The van der Waals surface area contributed by atoms with Gasteiger partial charge in [-0.25, -0.2) is 4.79 Å². The molecule has 96 valence electrons. The van der Waals surface area contributed by atoms with Gasteiger partial charge in [0.1, 0.15) is 12.1 Å². The molecule has 7 heteroatoms. The van der Waals surface area contributed by atoms with Crippen LogP contribution in [0.25, 0.3) is 0 Å². The molecule has 1 fully saturated rings. The zero-order valence-electron chi connectivity index (χ0n) is 9.94. The van der Waals surface area contributed by atoms with Gasteiger partial charge in [-0.15, -0.1) is 0 Å².